The first-order valence-electron chi connectivity index (χ1n) is 8.44. The fourth-order valence-electron chi connectivity index (χ4n) is 3.03. The van der Waals surface area contributed by atoms with Crippen LogP contribution in [0, 0.1) is 0 Å². The number of para-hydroxylation sites is 2. The van der Waals surface area contributed by atoms with Crippen molar-refractivity contribution in [2.24, 2.45) is 0 Å². The SMILES string of the molecule is O=C1CC[C@@H](C(=O)N(Cc2nccs2)C[C@H]2COc3ccccc3O2)O1. The van der Waals surface area contributed by atoms with Gasteiger partial charge in [0.2, 0.25) is 0 Å². The van der Waals surface area contributed by atoms with E-state index in [4.69, 9.17) is 14.2 Å². The summed E-state index contributed by atoms with van der Waals surface area (Å²) in [6.45, 7) is 1.04. The Hall–Kier alpha value is -2.61. The molecule has 1 aromatic heterocycles. The number of rotatable bonds is 5. The molecule has 1 amide bonds. The maximum Gasteiger partial charge on any atom is 0.306 e. The zero-order chi connectivity index (χ0) is 17.9. The zero-order valence-electron chi connectivity index (χ0n) is 14.0. The Labute approximate surface area is 154 Å². The van der Waals surface area contributed by atoms with Gasteiger partial charge in [-0.25, -0.2) is 4.98 Å². The Morgan fingerprint density at radius 2 is 2.12 bits per heavy atom. The van der Waals surface area contributed by atoms with E-state index in [0.29, 0.717) is 37.6 Å². The molecule has 1 saturated heterocycles. The molecule has 0 radical (unpaired) electrons. The van der Waals surface area contributed by atoms with E-state index in [1.807, 2.05) is 29.6 Å². The predicted octanol–water partition coefficient (Wildman–Crippen LogP) is 2.02. The Balaban J connectivity index is 1.48. The second-order valence-corrected chi connectivity index (χ2v) is 7.14. The van der Waals surface area contributed by atoms with Gasteiger partial charge in [-0.2, -0.15) is 0 Å². The van der Waals surface area contributed by atoms with Gasteiger partial charge in [0.1, 0.15) is 11.6 Å². The molecule has 2 aliphatic rings. The second kappa shape index (κ2) is 7.33. The largest absolute Gasteiger partial charge is 0.486 e. The topological polar surface area (TPSA) is 78.0 Å². The van der Waals surface area contributed by atoms with Crippen LogP contribution in [0.2, 0.25) is 0 Å². The van der Waals surface area contributed by atoms with Crippen LogP contribution in [0.1, 0.15) is 17.8 Å². The van der Waals surface area contributed by atoms with Crippen LogP contribution in [0.5, 0.6) is 11.5 Å². The fraction of sp³-hybridized carbons (Fsp3) is 0.389. The molecule has 0 unspecified atom stereocenters. The number of amides is 1. The number of ether oxygens (including phenoxy) is 3. The molecule has 3 heterocycles. The highest BCUT2D eigenvalue weighted by Gasteiger charge is 2.35. The van der Waals surface area contributed by atoms with Crippen molar-refractivity contribution < 1.29 is 23.8 Å². The van der Waals surface area contributed by atoms with Crippen LogP contribution in [-0.2, 0) is 20.9 Å². The molecular formula is C18H18N2O5S. The average Bonchev–Trinajstić information content (AvgIpc) is 3.32. The van der Waals surface area contributed by atoms with Crippen LogP contribution in [0.3, 0.4) is 0 Å². The number of benzene rings is 1. The lowest BCUT2D eigenvalue weighted by Gasteiger charge is -2.31. The molecule has 1 fully saturated rings. The number of fused-ring (bicyclic) bond motifs is 1. The lowest BCUT2D eigenvalue weighted by Crippen LogP contribution is -2.46. The molecule has 136 valence electrons. The van der Waals surface area contributed by atoms with Crippen molar-refractivity contribution in [2.45, 2.75) is 31.6 Å². The quantitative estimate of drug-likeness (QED) is 0.745. The van der Waals surface area contributed by atoms with Gasteiger partial charge in [-0.05, 0) is 12.1 Å². The van der Waals surface area contributed by atoms with Crippen molar-refractivity contribution >= 4 is 23.2 Å². The van der Waals surface area contributed by atoms with Gasteiger partial charge in [-0.3, -0.25) is 9.59 Å². The molecule has 1 aromatic carbocycles. The number of thiazole rings is 1. The van der Waals surface area contributed by atoms with Crippen molar-refractivity contribution in [1.82, 2.24) is 9.88 Å². The van der Waals surface area contributed by atoms with Gasteiger partial charge in [-0.15, -0.1) is 11.3 Å². The number of nitrogens with zero attached hydrogens (tertiary/aromatic N) is 2. The van der Waals surface area contributed by atoms with E-state index in [9.17, 15) is 9.59 Å². The van der Waals surface area contributed by atoms with Crippen LogP contribution < -0.4 is 9.47 Å². The summed E-state index contributed by atoms with van der Waals surface area (Å²) in [5.74, 6) is 0.821. The van der Waals surface area contributed by atoms with Gasteiger partial charge >= 0.3 is 5.97 Å². The molecule has 0 N–H and O–H groups in total. The molecular weight excluding hydrogens is 356 g/mol. The van der Waals surface area contributed by atoms with Crippen molar-refractivity contribution in [3.05, 3.63) is 40.8 Å². The fourth-order valence-corrected chi connectivity index (χ4v) is 3.66. The van der Waals surface area contributed by atoms with Crippen LogP contribution >= 0.6 is 11.3 Å². The van der Waals surface area contributed by atoms with E-state index in [1.165, 1.54) is 11.3 Å². The Morgan fingerprint density at radius 1 is 1.27 bits per heavy atom. The van der Waals surface area contributed by atoms with Crippen LogP contribution in [0.4, 0.5) is 0 Å². The minimum atomic E-state index is -0.723. The first-order chi connectivity index (χ1) is 12.7. The first-order valence-corrected chi connectivity index (χ1v) is 9.32. The number of hydrogen-bond donors (Lipinski definition) is 0. The molecule has 8 heteroatoms. The maximum atomic E-state index is 12.9. The molecule has 4 rings (SSSR count). The van der Waals surface area contributed by atoms with Crippen molar-refractivity contribution in [3.8, 4) is 11.5 Å². The highest BCUT2D eigenvalue weighted by atomic mass is 32.1. The lowest BCUT2D eigenvalue weighted by molar-refractivity contribution is -0.154. The highest BCUT2D eigenvalue weighted by Crippen LogP contribution is 2.31. The van der Waals surface area contributed by atoms with Crippen LogP contribution in [-0.4, -0.2) is 47.1 Å². The summed E-state index contributed by atoms with van der Waals surface area (Å²) < 4.78 is 16.9. The predicted molar refractivity (Wildman–Crippen MR) is 93.0 cm³/mol. The number of cyclic esters (lactones) is 1. The molecule has 7 nitrogen and oxygen atoms in total. The molecule has 0 saturated carbocycles. The minimum Gasteiger partial charge on any atom is -0.486 e. The van der Waals surface area contributed by atoms with Crippen molar-refractivity contribution in [1.29, 1.82) is 0 Å². The molecule has 0 bridgehead atoms. The Morgan fingerprint density at radius 3 is 2.85 bits per heavy atom. The van der Waals surface area contributed by atoms with Gasteiger partial charge in [0, 0.05) is 24.4 Å². The first kappa shape index (κ1) is 16.8. The monoisotopic (exact) mass is 374 g/mol. The molecule has 2 atom stereocenters. The third kappa shape index (κ3) is 3.65. The summed E-state index contributed by atoms with van der Waals surface area (Å²) in [6, 6.07) is 7.45. The lowest BCUT2D eigenvalue weighted by atomic mass is 10.2. The van der Waals surface area contributed by atoms with Crippen LogP contribution in [0.15, 0.2) is 35.8 Å². The highest BCUT2D eigenvalue weighted by molar-refractivity contribution is 7.09. The maximum absolute atomic E-state index is 12.9. The third-order valence-electron chi connectivity index (χ3n) is 4.27. The summed E-state index contributed by atoms with van der Waals surface area (Å²) in [4.78, 5) is 30.1. The third-order valence-corrected chi connectivity index (χ3v) is 5.04. The molecule has 26 heavy (non-hydrogen) atoms. The van der Waals surface area contributed by atoms with Gasteiger partial charge < -0.3 is 19.1 Å². The summed E-state index contributed by atoms with van der Waals surface area (Å²) >= 11 is 1.48. The van der Waals surface area contributed by atoms with E-state index in [2.05, 4.69) is 4.98 Å². The van der Waals surface area contributed by atoms with E-state index in [0.717, 1.165) is 5.01 Å². The van der Waals surface area contributed by atoms with E-state index in [-0.39, 0.29) is 24.4 Å². The summed E-state index contributed by atoms with van der Waals surface area (Å²) in [6.07, 6.45) is 1.37. The summed E-state index contributed by atoms with van der Waals surface area (Å²) in [7, 11) is 0. The van der Waals surface area contributed by atoms with Gasteiger partial charge in [0.25, 0.3) is 5.91 Å². The number of hydrogen-bond acceptors (Lipinski definition) is 7. The number of carbonyl (C=O) groups is 2. The molecule has 0 aliphatic carbocycles. The van der Waals surface area contributed by atoms with Crippen molar-refractivity contribution in [3.63, 3.8) is 0 Å². The van der Waals surface area contributed by atoms with Gasteiger partial charge in [0.05, 0.1) is 13.1 Å². The Bertz CT molecular complexity index is 795. The number of carbonyl (C=O) groups excluding carboxylic acids is 2. The van der Waals surface area contributed by atoms with Gasteiger partial charge in [-0.1, -0.05) is 12.1 Å². The van der Waals surface area contributed by atoms with Gasteiger partial charge in [0.15, 0.2) is 23.7 Å². The second-order valence-electron chi connectivity index (χ2n) is 6.16. The smallest absolute Gasteiger partial charge is 0.306 e. The van der Waals surface area contributed by atoms with Crippen molar-refractivity contribution in [2.75, 3.05) is 13.2 Å². The van der Waals surface area contributed by atoms with Crippen LogP contribution in [0.25, 0.3) is 0 Å². The van der Waals surface area contributed by atoms with E-state index >= 15 is 0 Å². The van der Waals surface area contributed by atoms with E-state index < -0.39 is 6.10 Å². The number of esters is 1. The summed E-state index contributed by atoms with van der Waals surface area (Å²) in [5, 5.41) is 2.68. The standard InChI is InChI=1S/C18H18N2O5S/c21-17-6-5-15(25-17)18(22)20(10-16-19-7-8-26-16)9-12-11-23-13-3-1-2-4-14(13)24-12/h1-4,7-8,12,15H,5-6,9-11H2/t12-,15-/m0/s1. The molecule has 2 aliphatic heterocycles. The zero-order valence-corrected chi connectivity index (χ0v) is 14.8. The molecule has 0 spiro atoms. The Kier molecular flexibility index (Phi) is 4.75. The normalized spacial score (nSPS) is 21.3. The average molecular weight is 374 g/mol. The van der Waals surface area contributed by atoms with E-state index in [1.54, 1.807) is 11.1 Å². The number of aromatic nitrogens is 1. The minimum absolute atomic E-state index is 0.214. The molecule has 2 aromatic rings. The summed E-state index contributed by atoms with van der Waals surface area (Å²) in [5.41, 5.74) is 0.